The van der Waals surface area contributed by atoms with Gasteiger partial charge in [-0.1, -0.05) is 36.4 Å². The van der Waals surface area contributed by atoms with Crippen LogP contribution in [0.4, 0.5) is 24.5 Å². The number of sulfonamides is 1. The topological polar surface area (TPSA) is 122 Å². The molecule has 0 aliphatic heterocycles. The van der Waals surface area contributed by atoms with Gasteiger partial charge in [-0.3, -0.25) is 0 Å². The molecule has 0 unspecified atom stereocenters. The number of azo groups is 1. The molecule has 4 aromatic rings. The summed E-state index contributed by atoms with van der Waals surface area (Å²) in [6.07, 6.45) is -4.51. The molecule has 1 aromatic heterocycles. The van der Waals surface area contributed by atoms with Crippen molar-refractivity contribution in [2.45, 2.75) is 17.6 Å². The van der Waals surface area contributed by atoms with E-state index in [1.165, 1.54) is 34.9 Å². The second-order valence-electron chi connectivity index (χ2n) is 7.76. The molecular formula is C23H17BrF3N5O3S2. The van der Waals surface area contributed by atoms with Crippen LogP contribution in [-0.4, -0.2) is 23.2 Å². The van der Waals surface area contributed by atoms with Crippen molar-refractivity contribution in [3.8, 4) is 5.88 Å². The lowest BCUT2D eigenvalue weighted by atomic mass is 10.1. The molecule has 4 rings (SSSR count). The van der Waals surface area contributed by atoms with Gasteiger partial charge in [-0.25, -0.2) is 13.6 Å². The number of nitrogens with one attached hydrogen (secondary N) is 1. The maximum Gasteiger partial charge on any atom is 0.416 e. The van der Waals surface area contributed by atoms with E-state index in [0.29, 0.717) is 20.9 Å². The number of alkyl halides is 3. The fourth-order valence-corrected chi connectivity index (χ4v) is 5.09. The van der Waals surface area contributed by atoms with Crippen molar-refractivity contribution in [1.29, 1.82) is 0 Å². The number of aromatic hydroxyl groups is 1. The molecule has 0 aliphatic carbocycles. The summed E-state index contributed by atoms with van der Waals surface area (Å²) in [4.78, 5) is -0.197. The minimum atomic E-state index is -4.51. The molecule has 1 heterocycles. The molecule has 0 bridgehead atoms. The number of anilines is 1. The second-order valence-corrected chi connectivity index (χ2v) is 10.5. The van der Waals surface area contributed by atoms with Crippen molar-refractivity contribution in [3.63, 3.8) is 0 Å². The minimum Gasteiger partial charge on any atom is -0.493 e. The van der Waals surface area contributed by atoms with Crippen LogP contribution in [-0.2, 0) is 22.7 Å². The van der Waals surface area contributed by atoms with Gasteiger partial charge in [0.15, 0.2) is 5.69 Å². The van der Waals surface area contributed by atoms with E-state index in [4.69, 9.17) is 17.4 Å². The van der Waals surface area contributed by atoms with Crippen molar-refractivity contribution in [2.24, 2.45) is 15.4 Å². The molecule has 0 saturated heterocycles. The Morgan fingerprint density at radius 3 is 2.51 bits per heavy atom. The molecule has 37 heavy (non-hydrogen) atoms. The van der Waals surface area contributed by atoms with Gasteiger partial charge in [-0.15, -0.1) is 10.2 Å². The molecular weight excluding hydrogens is 595 g/mol. The number of halogens is 4. The highest BCUT2D eigenvalue weighted by Crippen LogP contribution is 2.42. The molecule has 0 fully saturated rings. The van der Waals surface area contributed by atoms with Gasteiger partial charge in [0.2, 0.25) is 21.0 Å². The van der Waals surface area contributed by atoms with E-state index in [1.807, 2.05) is 0 Å². The van der Waals surface area contributed by atoms with Gasteiger partial charge in [0.1, 0.15) is 4.90 Å². The number of benzene rings is 3. The minimum absolute atomic E-state index is 0.0205. The van der Waals surface area contributed by atoms with Crippen LogP contribution in [0.1, 0.15) is 11.1 Å². The van der Waals surface area contributed by atoms with Gasteiger partial charge in [0.05, 0.1) is 23.3 Å². The molecule has 192 valence electrons. The van der Waals surface area contributed by atoms with Crippen molar-refractivity contribution < 1.29 is 26.7 Å². The van der Waals surface area contributed by atoms with Gasteiger partial charge in [0, 0.05) is 9.86 Å². The van der Waals surface area contributed by atoms with Crippen molar-refractivity contribution in [1.82, 2.24) is 4.57 Å². The van der Waals surface area contributed by atoms with Crippen LogP contribution >= 0.6 is 28.1 Å². The standard InChI is InChI=1S/C23H17BrF3N5O3S2/c24-16-8-4-7-15-19(30-31-22(36)29-17-9-1-2-10-18(17)37(28,34)35)21(33)32(20(15)16)12-13-5-3-6-14(11-13)23(25,26)27/h1-11,33H,12H2,(H,29,36)(H2,28,34,35). The number of para-hydroxylation sites is 2. The fraction of sp³-hybridized carbons (Fsp3) is 0.0870. The monoisotopic (exact) mass is 611 g/mol. The Labute approximate surface area is 222 Å². The van der Waals surface area contributed by atoms with Gasteiger partial charge in [-0.2, -0.15) is 13.2 Å². The molecule has 0 saturated carbocycles. The maximum absolute atomic E-state index is 13.2. The van der Waals surface area contributed by atoms with E-state index in [1.54, 1.807) is 24.3 Å². The SMILES string of the molecule is NS(=O)(=O)c1ccccc1NC(=S)N=Nc1c(O)n(Cc2cccc(C(F)(F)F)c2)c2c(Br)cccc12. The first kappa shape index (κ1) is 26.7. The number of hydrogen-bond acceptors (Lipinski definition) is 5. The highest BCUT2D eigenvalue weighted by Gasteiger charge is 2.30. The van der Waals surface area contributed by atoms with Crippen LogP contribution in [0.15, 0.2) is 86.3 Å². The average molecular weight is 612 g/mol. The van der Waals surface area contributed by atoms with Crippen molar-refractivity contribution >= 4 is 65.6 Å². The van der Waals surface area contributed by atoms with E-state index < -0.39 is 21.8 Å². The van der Waals surface area contributed by atoms with Gasteiger partial charge < -0.3 is 15.0 Å². The smallest absolute Gasteiger partial charge is 0.416 e. The highest BCUT2D eigenvalue weighted by atomic mass is 79.9. The van der Waals surface area contributed by atoms with E-state index >= 15 is 0 Å². The van der Waals surface area contributed by atoms with Crippen LogP contribution < -0.4 is 10.5 Å². The number of rotatable bonds is 5. The van der Waals surface area contributed by atoms with Crippen molar-refractivity contribution in [3.05, 3.63) is 82.3 Å². The van der Waals surface area contributed by atoms with Crippen LogP contribution in [0, 0.1) is 0 Å². The lowest BCUT2D eigenvalue weighted by molar-refractivity contribution is -0.137. The Bertz CT molecular complexity index is 1650. The van der Waals surface area contributed by atoms with Crippen molar-refractivity contribution in [2.75, 3.05) is 5.32 Å². The van der Waals surface area contributed by atoms with Gasteiger partial charge in [0.25, 0.3) is 0 Å². The molecule has 0 aliphatic rings. The Kier molecular flexibility index (Phi) is 7.37. The first-order valence-corrected chi connectivity index (χ1v) is 13.1. The van der Waals surface area contributed by atoms with Crippen LogP contribution in [0.5, 0.6) is 5.88 Å². The highest BCUT2D eigenvalue weighted by molar-refractivity contribution is 9.10. The molecule has 0 radical (unpaired) electrons. The third kappa shape index (κ3) is 5.82. The van der Waals surface area contributed by atoms with E-state index in [9.17, 15) is 26.7 Å². The predicted octanol–water partition coefficient (Wildman–Crippen LogP) is 6.30. The largest absolute Gasteiger partial charge is 0.493 e. The first-order chi connectivity index (χ1) is 17.4. The maximum atomic E-state index is 13.2. The average Bonchev–Trinajstić information content (AvgIpc) is 3.08. The number of hydrogen-bond donors (Lipinski definition) is 3. The summed E-state index contributed by atoms with van der Waals surface area (Å²) in [6, 6.07) is 15.6. The van der Waals surface area contributed by atoms with Gasteiger partial charge >= 0.3 is 6.18 Å². The number of aromatic nitrogens is 1. The summed E-state index contributed by atoms with van der Waals surface area (Å²) < 4.78 is 65.1. The summed E-state index contributed by atoms with van der Waals surface area (Å²) in [5, 5.41) is 27.0. The molecule has 0 atom stereocenters. The van der Waals surface area contributed by atoms with Crippen LogP contribution in [0.2, 0.25) is 0 Å². The fourth-order valence-electron chi connectivity index (χ4n) is 3.67. The number of nitrogens with zero attached hydrogens (tertiary/aromatic N) is 3. The first-order valence-electron chi connectivity index (χ1n) is 10.4. The van der Waals surface area contributed by atoms with E-state index in [-0.39, 0.29) is 33.8 Å². The molecule has 3 aromatic carbocycles. The van der Waals surface area contributed by atoms with E-state index in [0.717, 1.165) is 12.1 Å². The Hall–Kier alpha value is -3.33. The quantitative estimate of drug-likeness (QED) is 0.180. The lowest BCUT2D eigenvalue weighted by Gasteiger charge is -2.11. The number of nitrogens with two attached hydrogens (primary N) is 1. The number of primary sulfonamides is 1. The predicted molar refractivity (Wildman–Crippen MR) is 140 cm³/mol. The van der Waals surface area contributed by atoms with E-state index in [2.05, 4.69) is 31.5 Å². The lowest BCUT2D eigenvalue weighted by Crippen LogP contribution is -2.16. The zero-order chi connectivity index (χ0) is 27.0. The Morgan fingerprint density at radius 2 is 1.81 bits per heavy atom. The summed E-state index contributed by atoms with van der Waals surface area (Å²) >= 11 is 8.57. The summed E-state index contributed by atoms with van der Waals surface area (Å²) in [6.45, 7) is -0.0885. The van der Waals surface area contributed by atoms with Crippen LogP contribution in [0.25, 0.3) is 10.9 Å². The third-order valence-electron chi connectivity index (χ3n) is 5.25. The zero-order valence-electron chi connectivity index (χ0n) is 18.6. The Balaban J connectivity index is 1.70. The Morgan fingerprint density at radius 1 is 1.11 bits per heavy atom. The molecule has 0 amide bonds. The van der Waals surface area contributed by atoms with Gasteiger partial charge in [-0.05, 0) is 64.0 Å². The number of fused-ring (bicyclic) bond motifs is 1. The molecule has 14 heteroatoms. The molecule has 4 N–H and O–H groups in total. The summed E-state index contributed by atoms with van der Waals surface area (Å²) in [5.74, 6) is -0.351. The number of thiocarbonyl (C=S) groups is 1. The second kappa shape index (κ2) is 10.2. The molecule has 8 nitrogen and oxygen atoms in total. The molecule has 0 spiro atoms. The summed E-state index contributed by atoms with van der Waals surface area (Å²) in [7, 11) is -4.04. The zero-order valence-corrected chi connectivity index (χ0v) is 21.8. The third-order valence-corrected chi connectivity index (χ3v) is 7.04. The van der Waals surface area contributed by atoms with Crippen LogP contribution in [0.3, 0.4) is 0 Å². The normalized spacial score (nSPS) is 12.4. The summed E-state index contributed by atoms with van der Waals surface area (Å²) in [5.41, 5.74) is 0.0824.